The van der Waals surface area contributed by atoms with Gasteiger partial charge in [-0.25, -0.2) is 14.2 Å². The van der Waals surface area contributed by atoms with Crippen LogP contribution >= 0.6 is 50.1 Å². The highest BCUT2D eigenvalue weighted by molar-refractivity contribution is 14.1. The monoisotopic (exact) mass is 610 g/mol. The van der Waals surface area contributed by atoms with E-state index < -0.39 is 11.4 Å². The topological polar surface area (TPSA) is 58.6 Å². The van der Waals surface area contributed by atoms with Gasteiger partial charge in [0.15, 0.2) is 5.82 Å². The Hall–Kier alpha value is -0.940. The molecule has 2 aliphatic heterocycles. The molecule has 0 aliphatic carbocycles. The van der Waals surface area contributed by atoms with E-state index in [1.54, 1.807) is 0 Å². The van der Waals surface area contributed by atoms with Crippen molar-refractivity contribution in [1.82, 2.24) is 14.9 Å². The lowest BCUT2D eigenvalue weighted by atomic mass is 10.1. The van der Waals surface area contributed by atoms with Gasteiger partial charge >= 0.3 is 6.09 Å². The third kappa shape index (κ3) is 3.85. The number of anilines is 1. The van der Waals surface area contributed by atoms with Gasteiger partial charge < -0.3 is 9.64 Å². The molecule has 0 saturated carbocycles. The summed E-state index contributed by atoms with van der Waals surface area (Å²) in [4.78, 5) is 25.4. The molecule has 1 aromatic heterocycles. The minimum atomic E-state index is -0.539. The van der Waals surface area contributed by atoms with Crippen molar-refractivity contribution in [2.24, 2.45) is 0 Å². The molecule has 2 bridgehead atoms. The second kappa shape index (κ2) is 7.88. The molecule has 2 atom stereocenters. The maximum Gasteiger partial charge on any atom is 0.410 e. The SMILES string of the molecule is Cc1c(I)c(Br)c(F)c2nc(Cl)nc(N3CC4CCC(C3)N4C(=O)OC(C)(C)C)c12. The minimum Gasteiger partial charge on any atom is -0.444 e. The van der Waals surface area contributed by atoms with E-state index in [2.05, 4.69) is 53.4 Å². The normalized spacial score (nSPS) is 21.5. The van der Waals surface area contributed by atoms with E-state index in [9.17, 15) is 9.18 Å². The molecule has 6 nitrogen and oxygen atoms in total. The second-order valence-corrected chi connectivity index (χ2v) is 11.0. The number of aromatic nitrogens is 2. The fraction of sp³-hybridized carbons (Fsp3) is 0.550. The summed E-state index contributed by atoms with van der Waals surface area (Å²) in [5, 5.41) is 0.667. The second-order valence-electron chi connectivity index (χ2n) is 8.78. The molecule has 2 fully saturated rings. The van der Waals surface area contributed by atoms with Crippen LogP contribution in [-0.2, 0) is 4.74 Å². The zero-order valence-electron chi connectivity index (χ0n) is 17.1. The van der Waals surface area contributed by atoms with E-state index in [1.807, 2.05) is 32.6 Å². The average Bonchev–Trinajstić information content (AvgIpc) is 2.92. The fourth-order valence-corrected chi connectivity index (χ4v) is 5.47. The summed E-state index contributed by atoms with van der Waals surface area (Å²) < 4.78 is 21.7. The summed E-state index contributed by atoms with van der Waals surface area (Å²) in [6, 6.07) is 0.0316. The van der Waals surface area contributed by atoms with Gasteiger partial charge in [-0.1, -0.05) is 0 Å². The number of piperazine rings is 1. The molecular formula is C20H22BrClFIN4O2. The van der Waals surface area contributed by atoms with Gasteiger partial charge in [0.1, 0.15) is 16.9 Å². The van der Waals surface area contributed by atoms with E-state index in [4.69, 9.17) is 16.3 Å². The Labute approximate surface area is 201 Å². The number of benzene rings is 1. The first-order valence-corrected chi connectivity index (χ1v) is 12.0. The first-order valence-electron chi connectivity index (χ1n) is 9.74. The summed E-state index contributed by atoms with van der Waals surface area (Å²) in [5.41, 5.74) is 0.562. The number of aryl methyl sites for hydroxylation is 1. The number of carbonyl (C=O) groups is 1. The predicted molar refractivity (Wildman–Crippen MR) is 127 cm³/mol. The van der Waals surface area contributed by atoms with Gasteiger partial charge in [-0.15, -0.1) is 0 Å². The third-order valence-electron chi connectivity index (χ3n) is 5.55. The Bertz CT molecular complexity index is 1030. The molecule has 10 heteroatoms. The van der Waals surface area contributed by atoms with Crippen LogP contribution in [0.15, 0.2) is 4.47 Å². The molecule has 3 heterocycles. The van der Waals surface area contributed by atoms with Crippen LogP contribution in [0.3, 0.4) is 0 Å². The molecule has 30 heavy (non-hydrogen) atoms. The van der Waals surface area contributed by atoms with Crippen LogP contribution in [0.5, 0.6) is 0 Å². The van der Waals surface area contributed by atoms with Crippen LogP contribution in [0.2, 0.25) is 5.28 Å². The Morgan fingerprint density at radius 3 is 2.43 bits per heavy atom. The predicted octanol–water partition coefficient (Wildman–Crippen LogP) is 5.69. The fourth-order valence-electron chi connectivity index (χ4n) is 4.32. The largest absolute Gasteiger partial charge is 0.444 e. The van der Waals surface area contributed by atoms with Crippen LogP contribution in [0.4, 0.5) is 15.0 Å². The summed E-state index contributed by atoms with van der Waals surface area (Å²) >= 11 is 11.6. The Balaban J connectivity index is 1.73. The maximum atomic E-state index is 15.0. The molecule has 1 amide bonds. The molecule has 2 saturated heterocycles. The van der Waals surface area contributed by atoms with E-state index in [0.29, 0.717) is 28.8 Å². The number of amides is 1. The van der Waals surface area contributed by atoms with Crippen molar-refractivity contribution >= 4 is 72.9 Å². The number of hydrogen-bond donors (Lipinski definition) is 0. The van der Waals surface area contributed by atoms with Crippen molar-refractivity contribution in [2.45, 2.75) is 58.2 Å². The first-order chi connectivity index (χ1) is 14.0. The van der Waals surface area contributed by atoms with E-state index >= 15 is 0 Å². The molecule has 4 rings (SSSR count). The number of ether oxygens (including phenoxy) is 1. The summed E-state index contributed by atoms with van der Waals surface area (Å²) in [6.45, 7) is 8.72. The van der Waals surface area contributed by atoms with Gasteiger partial charge in [0.25, 0.3) is 0 Å². The van der Waals surface area contributed by atoms with Crippen molar-refractivity contribution < 1.29 is 13.9 Å². The smallest absolute Gasteiger partial charge is 0.410 e. The molecular weight excluding hydrogens is 590 g/mol. The lowest BCUT2D eigenvalue weighted by molar-refractivity contribution is 0.0123. The summed E-state index contributed by atoms with van der Waals surface area (Å²) in [6.07, 6.45) is 1.52. The van der Waals surface area contributed by atoms with Crippen LogP contribution in [0, 0.1) is 16.3 Å². The summed E-state index contributed by atoms with van der Waals surface area (Å²) in [7, 11) is 0. The van der Waals surface area contributed by atoms with E-state index in [0.717, 1.165) is 22.0 Å². The quantitative estimate of drug-likeness (QED) is 0.236. The molecule has 0 spiro atoms. The molecule has 2 aliphatic rings. The molecule has 2 unspecified atom stereocenters. The van der Waals surface area contributed by atoms with Crippen molar-refractivity contribution in [1.29, 1.82) is 0 Å². The van der Waals surface area contributed by atoms with Gasteiger partial charge in [-0.3, -0.25) is 4.90 Å². The molecule has 2 aromatic rings. The molecule has 1 aromatic carbocycles. The maximum absolute atomic E-state index is 15.0. The van der Waals surface area contributed by atoms with Gasteiger partial charge in [0, 0.05) is 16.7 Å². The van der Waals surface area contributed by atoms with Crippen LogP contribution in [0.25, 0.3) is 10.9 Å². The van der Waals surface area contributed by atoms with Gasteiger partial charge in [0.05, 0.1) is 21.9 Å². The number of carbonyl (C=O) groups excluding carboxylic acids is 1. The molecule has 162 valence electrons. The number of rotatable bonds is 1. The van der Waals surface area contributed by atoms with Crippen LogP contribution in [-0.4, -0.2) is 51.7 Å². The minimum absolute atomic E-state index is 0.00540. The number of halogens is 4. The highest BCUT2D eigenvalue weighted by Crippen LogP contribution is 2.40. The Kier molecular flexibility index (Phi) is 5.85. The van der Waals surface area contributed by atoms with Crippen molar-refractivity contribution in [2.75, 3.05) is 18.0 Å². The summed E-state index contributed by atoms with van der Waals surface area (Å²) in [5.74, 6) is 0.175. The lowest BCUT2D eigenvalue weighted by Crippen LogP contribution is -2.57. The van der Waals surface area contributed by atoms with Crippen molar-refractivity contribution in [3.8, 4) is 0 Å². The van der Waals surface area contributed by atoms with Gasteiger partial charge in [-0.05, 0) is 96.2 Å². The molecule has 0 N–H and O–H groups in total. The standard InChI is InChI=1S/C20H22BrClFIN4O2/c1-9-12-16(14(23)13(21)15(9)24)25-18(22)26-17(12)27-7-10-5-6-11(8-27)28(10)19(29)30-20(2,3)4/h10-11H,5-8H2,1-4H3. The lowest BCUT2D eigenvalue weighted by Gasteiger charge is -2.42. The van der Waals surface area contributed by atoms with Gasteiger partial charge in [0.2, 0.25) is 5.28 Å². The zero-order chi connectivity index (χ0) is 22.0. The average molecular weight is 612 g/mol. The highest BCUT2D eigenvalue weighted by Gasteiger charge is 2.45. The van der Waals surface area contributed by atoms with E-state index in [1.165, 1.54) is 0 Å². The Morgan fingerprint density at radius 2 is 1.87 bits per heavy atom. The van der Waals surface area contributed by atoms with Crippen molar-refractivity contribution in [3.05, 3.63) is 24.7 Å². The van der Waals surface area contributed by atoms with Crippen LogP contribution in [0.1, 0.15) is 39.2 Å². The van der Waals surface area contributed by atoms with E-state index in [-0.39, 0.29) is 29.0 Å². The van der Waals surface area contributed by atoms with Crippen molar-refractivity contribution in [3.63, 3.8) is 0 Å². The van der Waals surface area contributed by atoms with Gasteiger partial charge in [-0.2, -0.15) is 4.98 Å². The number of fused-ring (bicyclic) bond motifs is 3. The number of hydrogen-bond acceptors (Lipinski definition) is 5. The third-order valence-corrected chi connectivity index (χ3v) is 8.55. The van der Waals surface area contributed by atoms with Crippen LogP contribution < -0.4 is 4.90 Å². The molecule has 0 radical (unpaired) electrons. The Morgan fingerprint density at radius 1 is 1.27 bits per heavy atom. The highest BCUT2D eigenvalue weighted by atomic mass is 127. The first kappa shape index (κ1) is 22.3. The zero-order valence-corrected chi connectivity index (χ0v) is 21.6. The number of nitrogens with zero attached hydrogens (tertiary/aromatic N) is 4.